The molecule has 2 aromatic rings. The SMILES string of the molecule is CCCCCCCCC1CC(c2ccc(-c3ccc(OCCCCCC)cc3)cc2)OC1=O. The molecule has 3 rings (SSSR count). The van der Waals surface area contributed by atoms with Gasteiger partial charge < -0.3 is 9.47 Å². The van der Waals surface area contributed by atoms with E-state index >= 15 is 0 Å². The number of rotatable bonds is 15. The van der Waals surface area contributed by atoms with Crippen molar-refractivity contribution in [3.05, 3.63) is 54.1 Å². The second-order valence-electron chi connectivity index (χ2n) is 9.47. The van der Waals surface area contributed by atoms with Crippen LogP contribution in [0.3, 0.4) is 0 Å². The summed E-state index contributed by atoms with van der Waals surface area (Å²) in [4.78, 5) is 12.3. The average molecular weight is 451 g/mol. The van der Waals surface area contributed by atoms with Crippen LogP contribution in [-0.2, 0) is 9.53 Å². The molecule has 0 spiro atoms. The van der Waals surface area contributed by atoms with E-state index in [-0.39, 0.29) is 18.0 Å². The van der Waals surface area contributed by atoms with Crippen LogP contribution in [-0.4, -0.2) is 12.6 Å². The smallest absolute Gasteiger partial charge is 0.309 e. The predicted octanol–water partition coefficient (Wildman–Crippen LogP) is 8.67. The molecule has 0 N–H and O–H groups in total. The molecule has 3 nitrogen and oxygen atoms in total. The first-order valence-electron chi connectivity index (χ1n) is 13.2. The van der Waals surface area contributed by atoms with Crippen LogP contribution in [0.15, 0.2) is 48.5 Å². The van der Waals surface area contributed by atoms with E-state index in [1.165, 1.54) is 62.5 Å². The Labute approximate surface area is 200 Å². The highest BCUT2D eigenvalue weighted by molar-refractivity contribution is 5.75. The zero-order valence-electron chi connectivity index (χ0n) is 20.7. The topological polar surface area (TPSA) is 35.5 Å². The van der Waals surface area contributed by atoms with E-state index in [1.54, 1.807) is 0 Å². The van der Waals surface area contributed by atoms with Gasteiger partial charge in [0.1, 0.15) is 11.9 Å². The summed E-state index contributed by atoms with van der Waals surface area (Å²) >= 11 is 0. The first-order valence-corrected chi connectivity index (χ1v) is 13.2. The van der Waals surface area contributed by atoms with Crippen LogP contribution in [0.25, 0.3) is 11.1 Å². The van der Waals surface area contributed by atoms with Gasteiger partial charge in [-0.1, -0.05) is 108 Å². The molecule has 0 amide bonds. The maximum Gasteiger partial charge on any atom is 0.309 e. The zero-order valence-corrected chi connectivity index (χ0v) is 20.7. The van der Waals surface area contributed by atoms with E-state index in [4.69, 9.17) is 9.47 Å². The Kier molecular flexibility index (Phi) is 10.8. The quantitative estimate of drug-likeness (QED) is 0.201. The molecule has 0 aliphatic carbocycles. The molecule has 0 aromatic heterocycles. The molecular weight excluding hydrogens is 408 g/mol. The fourth-order valence-electron chi connectivity index (χ4n) is 4.60. The van der Waals surface area contributed by atoms with Gasteiger partial charge in [0.15, 0.2) is 0 Å². The lowest BCUT2D eigenvalue weighted by molar-refractivity contribution is -0.144. The van der Waals surface area contributed by atoms with E-state index in [1.807, 2.05) is 0 Å². The number of unbranched alkanes of at least 4 members (excludes halogenated alkanes) is 8. The maximum absolute atomic E-state index is 12.3. The van der Waals surface area contributed by atoms with E-state index in [2.05, 4.69) is 62.4 Å². The molecule has 1 aliphatic rings. The molecule has 2 aromatic carbocycles. The molecule has 1 saturated heterocycles. The van der Waals surface area contributed by atoms with Crippen molar-refractivity contribution in [3.63, 3.8) is 0 Å². The Bertz CT molecular complexity index is 809. The van der Waals surface area contributed by atoms with E-state index in [0.717, 1.165) is 43.6 Å². The predicted molar refractivity (Wildman–Crippen MR) is 136 cm³/mol. The van der Waals surface area contributed by atoms with Gasteiger partial charge in [-0.2, -0.15) is 0 Å². The van der Waals surface area contributed by atoms with E-state index < -0.39 is 0 Å². The number of carbonyl (C=O) groups excluding carboxylic acids is 1. The Hall–Kier alpha value is -2.29. The lowest BCUT2D eigenvalue weighted by atomic mass is 9.94. The Morgan fingerprint density at radius 3 is 2.00 bits per heavy atom. The van der Waals surface area contributed by atoms with Gasteiger partial charge in [0.05, 0.1) is 12.5 Å². The zero-order chi connectivity index (χ0) is 23.3. The third-order valence-corrected chi connectivity index (χ3v) is 6.73. The van der Waals surface area contributed by atoms with Crippen LogP contribution in [0.4, 0.5) is 0 Å². The summed E-state index contributed by atoms with van der Waals surface area (Å²) in [6, 6.07) is 16.8. The van der Waals surface area contributed by atoms with Gasteiger partial charge in [0.25, 0.3) is 0 Å². The first kappa shape index (κ1) is 25.3. The highest BCUT2D eigenvalue weighted by atomic mass is 16.6. The van der Waals surface area contributed by atoms with Gasteiger partial charge in [-0.15, -0.1) is 0 Å². The Balaban J connectivity index is 1.45. The second kappa shape index (κ2) is 14.1. The molecule has 180 valence electrons. The number of carbonyl (C=O) groups is 1. The number of hydrogen-bond donors (Lipinski definition) is 0. The van der Waals surface area contributed by atoms with Crippen molar-refractivity contribution in [2.75, 3.05) is 6.61 Å². The largest absolute Gasteiger partial charge is 0.494 e. The van der Waals surface area contributed by atoms with Crippen molar-refractivity contribution in [2.45, 2.75) is 97.0 Å². The van der Waals surface area contributed by atoms with E-state index in [9.17, 15) is 4.79 Å². The summed E-state index contributed by atoms with van der Waals surface area (Å²) in [5.41, 5.74) is 3.44. The molecule has 0 radical (unpaired) electrons. The number of ether oxygens (including phenoxy) is 2. The second-order valence-corrected chi connectivity index (χ2v) is 9.47. The number of esters is 1. The van der Waals surface area contributed by atoms with Gasteiger partial charge >= 0.3 is 5.97 Å². The van der Waals surface area contributed by atoms with Gasteiger partial charge in [-0.05, 0) is 41.7 Å². The summed E-state index contributed by atoms with van der Waals surface area (Å²) < 4.78 is 11.6. The van der Waals surface area contributed by atoms with Crippen molar-refractivity contribution in [2.24, 2.45) is 5.92 Å². The van der Waals surface area contributed by atoms with E-state index in [0.29, 0.717) is 0 Å². The summed E-state index contributed by atoms with van der Waals surface area (Å²) in [7, 11) is 0. The standard InChI is InChI=1S/C30H42O3/c1-3-5-7-9-10-11-13-27-23-29(33-30(27)31)26-16-14-24(15-17-26)25-18-20-28(21-19-25)32-22-12-8-6-4-2/h14-21,27,29H,3-13,22-23H2,1-2H3. The Morgan fingerprint density at radius 2 is 1.33 bits per heavy atom. The third kappa shape index (κ3) is 8.21. The lowest BCUT2D eigenvalue weighted by Gasteiger charge is -2.11. The van der Waals surface area contributed by atoms with Crippen LogP contribution in [0.1, 0.15) is 103 Å². The molecule has 3 heteroatoms. The molecule has 2 unspecified atom stereocenters. The summed E-state index contributed by atoms with van der Waals surface area (Å²) in [6.07, 6.45) is 14.1. The van der Waals surface area contributed by atoms with Gasteiger partial charge in [-0.25, -0.2) is 0 Å². The molecular formula is C30H42O3. The average Bonchev–Trinajstić information content (AvgIpc) is 3.22. The fourth-order valence-corrected chi connectivity index (χ4v) is 4.60. The van der Waals surface area contributed by atoms with Crippen LogP contribution >= 0.6 is 0 Å². The van der Waals surface area contributed by atoms with Crippen molar-refractivity contribution >= 4 is 5.97 Å². The summed E-state index contributed by atoms with van der Waals surface area (Å²) in [6.45, 7) is 5.25. The summed E-state index contributed by atoms with van der Waals surface area (Å²) in [5, 5.41) is 0. The van der Waals surface area contributed by atoms with Gasteiger partial charge in [-0.3, -0.25) is 4.79 Å². The lowest BCUT2D eigenvalue weighted by Crippen LogP contribution is -2.06. The van der Waals surface area contributed by atoms with Crippen LogP contribution in [0.2, 0.25) is 0 Å². The highest BCUT2D eigenvalue weighted by Crippen LogP contribution is 2.36. The number of hydrogen-bond acceptors (Lipinski definition) is 3. The normalized spacial score (nSPS) is 17.8. The molecule has 1 fully saturated rings. The Morgan fingerprint density at radius 1 is 0.758 bits per heavy atom. The monoisotopic (exact) mass is 450 g/mol. The number of cyclic esters (lactones) is 1. The van der Waals surface area contributed by atoms with Crippen LogP contribution < -0.4 is 4.74 Å². The maximum atomic E-state index is 12.3. The van der Waals surface area contributed by atoms with Gasteiger partial charge in [0, 0.05) is 6.42 Å². The van der Waals surface area contributed by atoms with Crippen LogP contribution in [0, 0.1) is 5.92 Å². The third-order valence-electron chi connectivity index (χ3n) is 6.73. The molecule has 2 atom stereocenters. The highest BCUT2D eigenvalue weighted by Gasteiger charge is 2.34. The molecule has 1 aliphatic heterocycles. The van der Waals surface area contributed by atoms with Crippen molar-refractivity contribution in [1.29, 1.82) is 0 Å². The molecule has 0 saturated carbocycles. The first-order chi connectivity index (χ1) is 16.2. The van der Waals surface area contributed by atoms with Crippen LogP contribution in [0.5, 0.6) is 5.75 Å². The molecule has 33 heavy (non-hydrogen) atoms. The summed E-state index contributed by atoms with van der Waals surface area (Å²) in [5.74, 6) is 0.986. The minimum absolute atomic E-state index is 0.0112. The molecule has 0 bridgehead atoms. The van der Waals surface area contributed by atoms with Crippen molar-refractivity contribution in [3.8, 4) is 16.9 Å². The van der Waals surface area contributed by atoms with Crippen molar-refractivity contribution < 1.29 is 14.3 Å². The fraction of sp³-hybridized carbons (Fsp3) is 0.567. The molecule has 1 heterocycles. The van der Waals surface area contributed by atoms with Crippen molar-refractivity contribution in [1.82, 2.24) is 0 Å². The van der Waals surface area contributed by atoms with Gasteiger partial charge in [0.2, 0.25) is 0 Å². The number of benzene rings is 2. The minimum Gasteiger partial charge on any atom is -0.494 e. The minimum atomic E-state index is -0.0971.